The van der Waals surface area contributed by atoms with Gasteiger partial charge in [0.1, 0.15) is 5.75 Å². The first-order valence-corrected chi connectivity index (χ1v) is 8.07. The molecule has 108 valence electrons. The van der Waals surface area contributed by atoms with Crippen LogP contribution in [0.25, 0.3) is 11.4 Å². The molecule has 0 radical (unpaired) electrons. The van der Waals surface area contributed by atoms with Crippen molar-refractivity contribution in [2.75, 3.05) is 11.9 Å². The second kappa shape index (κ2) is 8.04. The average molecular weight is 339 g/mol. The van der Waals surface area contributed by atoms with Gasteiger partial charge in [-0.15, -0.1) is 0 Å². The van der Waals surface area contributed by atoms with Crippen LogP contribution in [0.1, 0.15) is 32.1 Å². The fourth-order valence-corrected chi connectivity index (χ4v) is 2.18. The fraction of sp³-hybridized carbons (Fsp3) is 0.467. The molecule has 1 heterocycles. The SMILES string of the molecule is CCc1nc(-c2ccc(OCCCCCBr)cc2)no1. The Morgan fingerprint density at radius 2 is 1.95 bits per heavy atom. The third-order valence-electron chi connectivity index (χ3n) is 2.93. The van der Waals surface area contributed by atoms with Crippen molar-refractivity contribution >= 4 is 15.9 Å². The van der Waals surface area contributed by atoms with Crippen LogP contribution in [0.2, 0.25) is 0 Å². The third kappa shape index (κ3) is 4.34. The molecule has 2 rings (SSSR count). The van der Waals surface area contributed by atoms with Crippen LogP contribution in [0.15, 0.2) is 28.8 Å². The zero-order chi connectivity index (χ0) is 14.2. The lowest BCUT2D eigenvalue weighted by atomic mass is 10.2. The standard InChI is InChI=1S/C15H19BrN2O2/c1-2-14-17-15(18-20-14)12-6-8-13(9-7-12)19-11-5-3-4-10-16/h6-9H,2-5,10-11H2,1H3. The maximum atomic E-state index is 5.69. The van der Waals surface area contributed by atoms with Crippen LogP contribution < -0.4 is 4.74 Å². The van der Waals surface area contributed by atoms with Crippen LogP contribution in [0, 0.1) is 0 Å². The molecule has 0 aliphatic rings. The number of unbranched alkanes of at least 4 members (excludes halogenated alkanes) is 2. The van der Waals surface area contributed by atoms with E-state index >= 15 is 0 Å². The molecule has 0 saturated heterocycles. The Bertz CT molecular complexity index is 511. The van der Waals surface area contributed by atoms with Crippen molar-refractivity contribution in [2.24, 2.45) is 0 Å². The summed E-state index contributed by atoms with van der Waals surface area (Å²) in [6.07, 6.45) is 4.21. The number of hydrogen-bond donors (Lipinski definition) is 0. The Morgan fingerprint density at radius 1 is 1.15 bits per heavy atom. The minimum Gasteiger partial charge on any atom is -0.494 e. The summed E-state index contributed by atoms with van der Waals surface area (Å²) in [5.41, 5.74) is 0.945. The maximum Gasteiger partial charge on any atom is 0.226 e. The van der Waals surface area contributed by atoms with Gasteiger partial charge < -0.3 is 9.26 Å². The van der Waals surface area contributed by atoms with Gasteiger partial charge in [0.05, 0.1) is 6.61 Å². The fourth-order valence-electron chi connectivity index (χ4n) is 1.78. The topological polar surface area (TPSA) is 48.2 Å². The van der Waals surface area contributed by atoms with E-state index in [9.17, 15) is 0 Å². The zero-order valence-electron chi connectivity index (χ0n) is 11.6. The molecule has 5 heteroatoms. The Hall–Kier alpha value is -1.36. The summed E-state index contributed by atoms with van der Waals surface area (Å²) in [5.74, 6) is 2.17. The van der Waals surface area contributed by atoms with Crippen LogP contribution in [-0.2, 0) is 6.42 Å². The quantitative estimate of drug-likeness (QED) is 0.533. The van der Waals surface area contributed by atoms with E-state index in [1.165, 1.54) is 12.8 Å². The monoisotopic (exact) mass is 338 g/mol. The van der Waals surface area contributed by atoms with Gasteiger partial charge in [-0.3, -0.25) is 0 Å². The van der Waals surface area contributed by atoms with Crippen molar-refractivity contribution in [1.29, 1.82) is 0 Å². The molecule has 0 amide bonds. The largest absolute Gasteiger partial charge is 0.494 e. The molecule has 0 fully saturated rings. The van der Waals surface area contributed by atoms with Gasteiger partial charge in [0.25, 0.3) is 0 Å². The van der Waals surface area contributed by atoms with Gasteiger partial charge in [0.15, 0.2) is 0 Å². The second-order valence-corrected chi connectivity index (χ2v) is 5.28. The first kappa shape index (κ1) is 15.0. The lowest BCUT2D eigenvalue weighted by Crippen LogP contribution is -1.97. The van der Waals surface area contributed by atoms with E-state index in [-0.39, 0.29) is 0 Å². The van der Waals surface area contributed by atoms with Crippen molar-refractivity contribution in [3.63, 3.8) is 0 Å². The molecule has 0 bridgehead atoms. The Balaban J connectivity index is 1.86. The molecule has 0 unspecified atom stereocenters. The molecule has 0 spiro atoms. The van der Waals surface area contributed by atoms with Gasteiger partial charge in [0.2, 0.25) is 11.7 Å². The molecule has 4 nitrogen and oxygen atoms in total. The number of rotatable bonds is 8. The highest BCUT2D eigenvalue weighted by Gasteiger charge is 2.06. The highest BCUT2D eigenvalue weighted by Crippen LogP contribution is 2.20. The first-order valence-electron chi connectivity index (χ1n) is 6.95. The number of halogens is 1. The van der Waals surface area contributed by atoms with Crippen molar-refractivity contribution in [3.05, 3.63) is 30.2 Å². The van der Waals surface area contributed by atoms with Gasteiger partial charge in [-0.05, 0) is 43.5 Å². The molecule has 1 aromatic carbocycles. The van der Waals surface area contributed by atoms with Crippen molar-refractivity contribution in [3.8, 4) is 17.1 Å². The van der Waals surface area contributed by atoms with Gasteiger partial charge in [-0.1, -0.05) is 28.0 Å². The highest BCUT2D eigenvalue weighted by molar-refractivity contribution is 9.09. The molecular weight excluding hydrogens is 320 g/mol. The van der Waals surface area contributed by atoms with Crippen molar-refractivity contribution in [1.82, 2.24) is 10.1 Å². The summed E-state index contributed by atoms with van der Waals surface area (Å²) in [6.45, 7) is 2.75. The number of aromatic nitrogens is 2. The van der Waals surface area contributed by atoms with Crippen molar-refractivity contribution < 1.29 is 9.26 Å². The van der Waals surface area contributed by atoms with Gasteiger partial charge >= 0.3 is 0 Å². The molecule has 0 aliphatic carbocycles. The van der Waals surface area contributed by atoms with Crippen LogP contribution in [-0.4, -0.2) is 22.1 Å². The minimum absolute atomic E-state index is 0.630. The molecule has 1 aromatic heterocycles. The predicted octanol–water partition coefficient (Wildman–Crippen LogP) is 4.24. The smallest absolute Gasteiger partial charge is 0.226 e. The zero-order valence-corrected chi connectivity index (χ0v) is 13.2. The first-order chi connectivity index (χ1) is 9.83. The Morgan fingerprint density at radius 3 is 2.60 bits per heavy atom. The molecule has 20 heavy (non-hydrogen) atoms. The normalized spacial score (nSPS) is 10.7. The van der Waals surface area contributed by atoms with Crippen LogP contribution >= 0.6 is 15.9 Å². The number of benzene rings is 1. The van der Waals surface area contributed by atoms with E-state index in [0.29, 0.717) is 11.7 Å². The summed E-state index contributed by atoms with van der Waals surface area (Å²) in [4.78, 5) is 4.30. The van der Waals surface area contributed by atoms with Crippen LogP contribution in [0.4, 0.5) is 0 Å². The molecule has 0 N–H and O–H groups in total. The van der Waals surface area contributed by atoms with E-state index in [1.54, 1.807) is 0 Å². The summed E-state index contributed by atoms with van der Waals surface area (Å²) in [6, 6.07) is 7.81. The van der Waals surface area contributed by atoms with E-state index in [4.69, 9.17) is 9.26 Å². The summed E-state index contributed by atoms with van der Waals surface area (Å²) >= 11 is 3.42. The van der Waals surface area contributed by atoms with E-state index in [0.717, 1.165) is 36.1 Å². The number of nitrogens with zero attached hydrogens (tertiary/aromatic N) is 2. The molecule has 0 saturated carbocycles. The van der Waals surface area contributed by atoms with Crippen LogP contribution in [0.3, 0.4) is 0 Å². The highest BCUT2D eigenvalue weighted by atomic mass is 79.9. The Labute approximate surface area is 127 Å². The molecule has 0 aliphatic heterocycles. The minimum atomic E-state index is 0.630. The third-order valence-corrected chi connectivity index (χ3v) is 3.49. The van der Waals surface area contributed by atoms with Gasteiger partial charge in [0, 0.05) is 17.3 Å². The van der Waals surface area contributed by atoms with E-state index in [2.05, 4.69) is 26.1 Å². The molecule has 2 aromatic rings. The predicted molar refractivity (Wildman–Crippen MR) is 82.3 cm³/mol. The summed E-state index contributed by atoms with van der Waals surface area (Å²) in [7, 11) is 0. The number of aryl methyl sites for hydroxylation is 1. The number of ether oxygens (including phenoxy) is 1. The Kier molecular flexibility index (Phi) is 6.05. The lowest BCUT2D eigenvalue weighted by molar-refractivity contribution is 0.306. The number of alkyl halides is 1. The average Bonchev–Trinajstić information content (AvgIpc) is 2.97. The van der Waals surface area contributed by atoms with Gasteiger partial charge in [-0.25, -0.2) is 0 Å². The van der Waals surface area contributed by atoms with E-state index in [1.807, 2.05) is 31.2 Å². The molecule has 0 atom stereocenters. The second-order valence-electron chi connectivity index (χ2n) is 4.49. The molecular formula is C15H19BrN2O2. The van der Waals surface area contributed by atoms with Crippen LogP contribution in [0.5, 0.6) is 5.75 Å². The van der Waals surface area contributed by atoms with E-state index < -0.39 is 0 Å². The maximum absolute atomic E-state index is 5.69. The lowest BCUT2D eigenvalue weighted by Gasteiger charge is -2.05. The number of hydrogen-bond acceptors (Lipinski definition) is 4. The summed E-state index contributed by atoms with van der Waals surface area (Å²) in [5, 5.41) is 5.01. The van der Waals surface area contributed by atoms with Crippen molar-refractivity contribution in [2.45, 2.75) is 32.6 Å². The summed E-state index contributed by atoms with van der Waals surface area (Å²) < 4.78 is 10.8. The van der Waals surface area contributed by atoms with Gasteiger partial charge in [-0.2, -0.15) is 4.98 Å².